The number of ether oxygens (including phenoxy) is 1. The van der Waals surface area contributed by atoms with Crippen LogP contribution in [0.5, 0.6) is 0 Å². The van der Waals surface area contributed by atoms with E-state index < -0.39 is 11.4 Å². The minimum atomic E-state index is -1.04. The summed E-state index contributed by atoms with van der Waals surface area (Å²) in [5.74, 6) is -0.568. The summed E-state index contributed by atoms with van der Waals surface area (Å²) in [6.07, 6.45) is 3.37. The summed E-state index contributed by atoms with van der Waals surface area (Å²) in [5.41, 5.74) is 0.0134. The fraction of sp³-hybridized carbons (Fsp3) is 0.692. The van der Waals surface area contributed by atoms with Gasteiger partial charge in [-0.2, -0.15) is 0 Å². The van der Waals surface area contributed by atoms with Crippen LogP contribution in [0.1, 0.15) is 47.5 Å². The van der Waals surface area contributed by atoms with Crippen LogP contribution in [0.4, 0.5) is 0 Å². The predicted octanol–water partition coefficient (Wildman–Crippen LogP) is 2.89. The summed E-state index contributed by atoms with van der Waals surface area (Å²) in [6, 6.07) is 0. The summed E-state index contributed by atoms with van der Waals surface area (Å²) in [6.45, 7) is 9.10. The molecule has 0 radical (unpaired) electrons. The van der Waals surface area contributed by atoms with Crippen LogP contribution in [-0.4, -0.2) is 18.4 Å². The van der Waals surface area contributed by atoms with Gasteiger partial charge in [0, 0.05) is 0 Å². The fourth-order valence-corrected chi connectivity index (χ4v) is 1.61. The van der Waals surface area contributed by atoms with Gasteiger partial charge in [-0.25, -0.2) is 0 Å². The third-order valence-corrected chi connectivity index (χ3v) is 2.69. The second-order valence-corrected chi connectivity index (χ2v) is 4.24. The topological polar surface area (TPSA) is 43.4 Å². The molecule has 0 spiro atoms. The van der Waals surface area contributed by atoms with Crippen LogP contribution < -0.4 is 0 Å². The summed E-state index contributed by atoms with van der Waals surface area (Å²) < 4.78 is 4.96. The van der Waals surface area contributed by atoms with Crippen LogP contribution in [0.15, 0.2) is 11.6 Å². The number of Topliss-reactive ketones (excluding diaryl/α,β-unsaturated/α-hetero) is 1. The molecule has 0 N–H and O–H groups in total. The first-order chi connectivity index (χ1) is 7.38. The Morgan fingerprint density at radius 1 is 1.25 bits per heavy atom. The van der Waals surface area contributed by atoms with E-state index in [0.29, 0.717) is 13.0 Å². The third-order valence-electron chi connectivity index (χ3n) is 2.69. The Balaban J connectivity index is 4.90. The van der Waals surface area contributed by atoms with Gasteiger partial charge in [0.25, 0.3) is 0 Å². The lowest BCUT2D eigenvalue weighted by Gasteiger charge is -2.24. The van der Waals surface area contributed by atoms with Crippen molar-refractivity contribution in [1.82, 2.24) is 0 Å². The molecule has 3 nitrogen and oxygen atoms in total. The van der Waals surface area contributed by atoms with E-state index in [4.69, 9.17) is 4.74 Å². The van der Waals surface area contributed by atoms with Crippen LogP contribution >= 0.6 is 0 Å². The number of carbonyl (C=O) groups is 2. The van der Waals surface area contributed by atoms with E-state index in [-0.39, 0.29) is 5.78 Å². The SMILES string of the molecule is CCC=C(C)CC(C)(C(C)=O)C(=O)OCC. The number of carbonyl (C=O) groups excluding carboxylic acids is 2. The summed E-state index contributed by atoms with van der Waals surface area (Å²) in [5, 5.41) is 0. The zero-order chi connectivity index (χ0) is 12.8. The van der Waals surface area contributed by atoms with E-state index in [1.54, 1.807) is 13.8 Å². The Labute approximate surface area is 97.9 Å². The highest BCUT2D eigenvalue weighted by atomic mass is 16.5. The lowest BCUT2D eigenvalue weighted by molar-refractivity contribution is -0.158. The Hall–Kier alpha value is -1.12. The van der Waals surface area contributed by atoms with Crippen molar-refractivity contribution < 1.29 is 14.3 Å². The highest BCUT2D eigenvalue weighted by Crippen LogP contribution is 2.29. The predicted molar refractivity (Wildman–Crippen MR) is 64.1 cm³/mol. The van der Waals surface area contributed by atoms with Crippen LogP contribution in [0, 0.1) is 5.41 Å². The monoisotopic (exact) mass is 226 g/mol. The molecule has 1 unspecified atom stereocenters. The van der Waals surface area contributed by atoms with E-state index in [9.17, 15) is 9.59 Å². The molecule has 0 saturated heterocycles. The van der Waals surface area contributed by atoms with Gasteiger partial charge in [0.15, 0.2) is 0 Å². The second kappa shape index (κ2) is 6.46. The van der Waals surface area contributed by atoms with Crippen LogP contribution in [0.25, 0.3) is 0 Å². The molecule has 0 bridgehead atoms. The molecule has 0 aliphatic rings. The molecule has 0 fully saturated rings. The number of hydrogen-bond donors (Lipinski definition) is 0. The average Bonchev–Trinajstić information content (AvgIpc) is 2.17. The number of rotatable bonds is 6. The zero-order valence-corrected chi connectivity index (χ0v) is 10.9. The standard InChI is InChI=1S/C13H22O3/c1-6-8-10(3)9-13(5,11(4)14)12(15)16-7-2/h8H,6-7,9H2,1-5H3. The highest BCUT2D eigenvalue weighted by molar-refractivity contribution is 6.02. The molecule has 92 valence electrons. The third kappa shape index (κ3) is 3.80. The lowest BCUT2D eigenvalue weighted by atomic mass is 9.80. The number of allylic oxidation sites excluding steroid dienone is 2. The smallest absolute Gasteiger partial charge is 0.319 e. The van der Waals surface area contributed by atoms with Crippen LogP contribution in [-0.2, 0) is 14.3 Å². The Morgan fingerprint density at radius 2 is 1.81 bits per heavy atom. The molecule has 0 aromatic carbocycles. The lowest BCUT2D eigenvalue weighted by Crippen LogP contribution is -2.36. The van der Waals surface area contributed by atoms with Crippen molar-refractivity contribution >= 4 is 11.8 Å². The largest absolute Gasteiger partial charge is 0.465 e. The first kappa shape index (κ1) is 14.9. The van der Waals surface area contributed by atoms with Gasteiger partial charge in [0.2, 0.25) is 0 Å². The molecule has 3 heteroatoms. The van der Waals surface area contributed by atoms with Crippen molar-refractivity contribution in [2.75, 3.05) is 6.61 Å². The molecule has 0 rings (SSSR count). The maximum absolute atomic E-state index is 11.8. The van der Waals surface area contributed by atoms with Gasteiger partial charge in [0.05, 0.1) is 6.61 Å². The molecule has 0 saturated carbocycles. The van der Waals surface area contributed by atoms with E-state index in [1.165, 1.54) is 6.92 Å². The van der Waals surface area contributed by atoms with Crippen molar-refractivity contribution in [3.8, 4) is 0 Å². The van der Waals surface area contributed by atoms with Gasteiger partial charge in [-0.1, -0.05) is 18.6 Å². The van der Waals surface area contributed by atoms with Gasteiger partial charge in [-0.3, -0.25) is 9.59 Å². The molecule has 0 amide bonds. The molecular formula is C13H22O3. The summed E-state index contributed by atoms with van der Waals surface area (Å²) >= 11 is 0. The van der Waals surface area contributed by atoms with Gasteiger partial charge < -0.3 is 4.74 Å². The number of ketones is 1. The first-order valence-corrected chi connectivity index (χ1v) is 5.72. The minimum absolute atomic E-state index is 0.144. The van der Waals surface area contributed by atoms with Gasteiger partial charge >= 0.3 is 5.97 Å². The van der Waals surface area contributed by atoms with Gasteiger partial charge in [-0.15, -0.1) is 0 Å². The molecule has 0 aliphatic carbocycles. The summed E-state index contributed by atoms with van der Waals surface area (Å²) in [7, 11) is 0. The Bertz CT molecular complexity index is 292. The highest BCUT2D eigenvalue weighted by Gasteiger charge is 2.39. The van der Waals surface area contributed by atoms with Crippen molar-refractivity contribution in [3.63, 3.8) is 0 Å². The van der Waals surface area contributed by atoms with E-state index >= 15 is 0 Å². The molecule has 0 heterocycles. The molecular weight excluding hydrogens is 204 g/mol. The van der Waals surface area contributed by atoms with Gasteiger partial charge in [-0.05, 0) is 40.5 Å². The summed E-state index contributed by atoms with van der Waals surface area (Å²) in [4.78, 5) is 23.4. The van der Waals surface area contributed by atoms with Crippen molar-refractivity contribution in [3.05, 3.63) is 11.6 Å². The first-order valence-electron chi connectivity index (χ1n) is 5.72. The zero-order valence-electron chi connectivity index (χ0n) is 10.9. The fourth-order valence-electron chi connectivity index (χ4n) is 1.61. The van der Waals surface area contributed by atoms with Crippen molar-refractivity contribution in [2.24, 2.45) is 5.41 Å². The molecule has 16 heavy (non-hydrogen) atoms. The van der Waals surface area contributed by atoms with Crippen molar-refractivity contribution in [1.29, 1.82) is 0 Å². The van der Waals surface area contributed by atoms with Crippen LogP contribution in [0.2, 0.25) is 0 Å². The molecule has 0 aromatic heterocycles. The Morgan fingerprint density at radius 3 is 2.19 bits per heavy atom. The van der Waals surface area contributed by atoms with E-state index in [0.717, 1.165) is 12.0 Å². The maximum Gasteiger partial charge on any atom is 0.319 e. The van der Waals surface area contributed by atoms with E-state index in [2.05, 4.69) is 0 Å². The van der Waals surface area contributed by atoms with Crippen LogP contribution in [0.3, 0.4) is 0 Å². The average molecular weight is 226 g/mol. The van der Waals surface area contributed by atoms with E-state index in [1.807, 2.05) is 19.9 Å². The maximum atomic E-state index is 11.8. The molecule has 1 atom stereocenters. The van der Waals surface area contributed by atoms with Gasteiger partial charge in [0.1, 0.15) is 11.2 Å². The minimum Gasteiger partial charge on any atom is -0.465 e. The quantitative estimate of drug-likeness (QED) is 0.397. The Kier molecular flexibility index (Phi) is 6.01. The second-order valence-electron chi connectivity index (χ2n) is 4.24. The molecule has 0 aliphatic heterocycles. The molecule has 0 aromatic rings. The van der Waals surface area contributed by atoms with Crippen molar-refractivity contribution in [2.45, 2.75) is 47.5 Å². The normalized spacial score (nSPS) is 15.4. The number of esters is 1. The number of hydrogen-bond acceptors (Lipinski definition) is 3.